The Morgan fingerprint density at radius 3 is 2.82 bits per heavy atom. The lowest BCUT2D eigenvalue weighted by molar-refractivity contribution is -0.139. The van der Waals surface area contributed by atoms with Gasteiger partial charge >= 0.3 is 5.97 Å². The highest BCUT2D eigenvalue weighted by Gasteiger charge is 2.12. The number of aliphatic carboxylic acids is 1. The van der Waals surface area contributed by atoms with Crippen LogP contribution in [0, 0.1) is 0 Å². The van der Waals surface area contributed by atoms with Gasteiger partial charge in [0.05, 0.1) is 12.5 Å². The van der Waals surface area contributed by atoms with E-state index in [2.05, 4.69) is 15.9 Å². The number of rotatable bonds is 6. The molecule has 0 aliphatic carbocycles. The third-order valence-corrected chi connectivity index (χ3v) is 2.77. The number of halogens is 1. The van der Waals surface area contributed by atoms with Crippen LogP contribution in [0.25, 0.3) is 0 Å². The molecule has 1 rings (SSSR count). The molecule has 1 aromatic carbocycles. The monoisotopic (exact) mass is 301 g/mol. The van der Waals surface area contributed by atoms with Gasteiger partial charge in [0.1, 0.15) is 0 Å². The van der Waals surface area contributed by atoms with Gasteiger partial charge in [-0.05, 0) is 24.7 Å². The van der Waals surface area contributed by atoms with E-state index in [0.29, 0.717) is 13.1 Å². The summed E-state index contributed by atoms with van der Waals surface area (Å²) in [5.41, 5.74) is 1.12. The number of carbonyl (C=O) groups is 1. The Bertz CT molecular complexity index is 384. The molecular formula is C12H16BrNO3. The van der Waals surface area contributed by atoms with Crippen molar-refractivity contribution in [3.63, 3.8) is 0 Å². The van der Waals surface area contributed by atoms with Crippen LogP contribution in [-0.4, -0.2) is 40.8 Å². The lowest BCUT2D eigenvalue weighted by atomic mass is 10.2. The second-order valence-electron chi connectivity index (χ2n) is 4.08. The van der Waals surface area contributed by atoms with E-state index in [-0.39, 0.29) is 6.42 Å². The second kappa shape index (κ2) is 6.74. The average molecular weight is 302 g/mol. The molecule has 0 aliphatic rings. The molecule has 17 heavy (non-hydrogen) atoms. The zero-order valence-electron chi connectivity index (χ0n) is 9.64. The van der Waals surface area contributed by atoms with Gasteiger partial charge in [-0.3, -0.25) is 9.69 Å². The SMILES string of the molecule is CN(Cc1cccc(Br)c1)CC(O)CC(=O)O. The number of aliphatic hydroxyl groups is 1. The van der Waals surface area contributed by atoms with E-state index < -0.39 is 12.1 Å². The van der Waals surface area contributed by atoms with Crippen molar-refractivity contribution in [3.8, 4) is 0 Å². The first kappa shape index (κ1) is 14.2. The number of carboxylic acids is 1. The van der Waals surface area contributed by atoms with E-state index >= 15 is 0 Å². The van der Waals surface area contributed by atoms with Crippen LogP contribution in [0.1, 0.15) is 12.0 Å². The maximum Gasteiger partial charge on any atom is 0.306 e. The van der Waals surface area contributed by atoms with Crippen LogP contribution >= 0.6 is 15.9 Å². The van der Waals surface area contributed by atoms with Gasteiger partial charge in [0.2, 0.25) is 0 Å². The van der Waals surface area contributed by atoms with Crippen molar-refractivity contribution in [1.29, 1.82) is 0 Å². The summed E-state index contributed by atoms with van der Waals surface area (Å²) in [5.74, 6) is -0.978. The Morgan fingerprint density at radius 1 is 1.53 bits per heavy atom. The molecule has 0 fully saturated rings. The highest BCUT2D eigenvalue weighted by molar-refractivity contribution is 9.10. The molecule has 1 aromatic rings. The Hall–Kier alpha value is -0.910. The molecule has 1 atom stereocenters. The van der Waals surface area contributed by atoms with Gasteiger partial charge in [-0.25, -0.2) is 0 Å². The van der Waals surface area contributed by atoms with Gasteiger partial charge in [-0.2, -0.15) is 0 Å². The van der Waals surface area contributed by atoms with Crippen LogP contribution in [0.3, 0.4) is 0 Å². The van der Waals surface area contributed by atoms with Gasteiger partial charge < -0.3 is 10.2 Å². The molecule has 0 radical (unpaired) electrons. The van der Waals surface area contributed by atoms with Crippen LogP contribution in [0.2, 0.25) is 0 Å². The number of nitrogens with zero attached hydrogens (tertiary/aromatic N) is 1. The van der Waals surface area contributed by atoms with Crippen LogP contribution in [-0.2, 0) is 11.3 Å². The van der Waals surface area contributed by atoms with Crippen molar-refractivity contribution in [2.45, 2.75) is 19.1 Å². The quantitative estimate of drug-likeness (QED) is 0.840. The summed E-state index contributed by atoms with van der Waals surface area (Å²) in [5, 5.41) is 18.0. The second-order valence-corrected chi connectivity index (χ2v) is 4.99. The number of benzene rings is 1. The summed E-state index contributed by atoms with van der Waals surface area (Å²) in [6.07, 6.45) is -1.05. The number of carboxylic acid groups (broad SMARTS) is 1. The summed E-state index contributed by atoms with van der Waals surface area (Å²) in [6, 6.07) is 7.88. The van der Waals surface area contributed by atoms with Gasteiger partial charge in [-0.15, -0.1) is 0 Å². The zero-order chi connectivity index (χ0) is 12.8. The topological polar surface area (TPSA) is 60.8 Å². The molecule has 0 amide bonds. The van der Waals surface area contributed by atoms with E-state index in [1.54, 1.807) is 0 Å². The zero-order valence-corrected chi connectivity index (χ0v) is 11.2. The molecule has 0 aliphatic heterocycles. The maximum atomic E-state index is 10.4. The predicted molar refractivity (Wildman–Crippen MR) is 68.7 cm³/mol. The minimum Gasteiger partial charge on any atom is -0.481 e. The minimum absolute atomic E-state index is 0.219. The van der Waals surface area contributed by atoms with Gasteiger partial charge in [0.25, 0.3) is 0 Å². The van der Waals surface area contributed by atoms with Crippen molar-refractivity contribution in [1.82, 2.24) is 4.90 Å². The Balaban J connectivity index is 2.44. The Kier molecular flexibility index (Phi) is 5.61. The Labute approximate surface area is 109 Å². The lowest BCUT2D eigenvalue weighted by Crippen LogP contribution is -2.30. The molecule has 4 nitrogen and oxygen atoms in total. The number of likely N-dealkylation sites (N-methyl/N-ethyl adjacent to an activating group) is 1. The minimum atomic E-state index is -0.978. The lowest BCUT2D eigenvalue weighted by Gasteiger charge is -2.19. The average Bonchev–Trinajstić information content (AvgIpc) is 2.14. The number of hydrogen-bond acceptors (Lipinski definition) is 3. The summed E-state index contributed by atoms with van der Waals surface area (Å²) >= 11 is 3.39. The standard InChI is InChI=1S/C12H16BrNO3/c1-14(8-11(15)6-12(16)17)7-9-3-2-4-10(13)5-9/h2-5,11,15H,6-8H2,1H3,(H,16,17). The van der Waals surface area contributed by atoms with E-state index in [1.165, 1.54) is 0 Å². The van der Waals surface area contributed by atoms with Gasteiger partial charge in [0.15, 0.2) is 0 Å². The highest BCUT2D eigenvalue weighted by atomic mass is 79.9. The third kappa shape index (κ3) is 5.81. The number of hydrogen-bond donors (Lipinski definition) is 2. The highest BCUT2D eigenvalue weighted by Crippen LogP contribution is 2.13. The molecular weight excluding hydrogens is 286 g/mol. The first-order valence-electron chi connectivity index (χ1n) is 5.30. The summed E-state index contributed by atoms with van der Waals surface area (Å²) in [6.45, 7) is 1.02. The van der Waals surface area contributed by atoms with Crippen LogP contribution in [0.15, 0.2) is 28.7 Å². The van der Waals surface area contributed by atoms with Crippen molar-refractivity contribution in [2.75, 3.05) is 13.6 Å². The van der Waals surface area contributed by atoms with Crippen molar-refractivity contribution >= 4 is 21.9 Å². The fourth-order valence-corrected chi connectivity index (χ4v) is 2.08. The summed E-state index contributed by atoms with van der Waals surface area (Å²) in [4.78, 5) is 12.3. The third-order valence-electron chi connectivity index (χ3n) is 2.27. The van der Waals surface area contributed by atoms with Crippen LogP contribution in [0.4, 0.5) is 0 Å². The van der Waals surface area contributed by atoms with E-state index in [0.717, 1.165) is 10.0 Å². The molecule has 0 saturated heterocycles. The van der Waals surface area contributed by atoms with E-state index in [4.69, 9.17) is 5.11 Å². The molecule has 5 heteroatoms. The molecule has 0 saturated carbocycles. The molecule has 1 unspecified atom stereocenters. The molecule has 94 valence electrons. The van der Waals surface area contributed by atoms with Crippen molar-refractivity contribution in [2.24, 2.45) is 0 Å². The largest absolute Gasteiger partial charge is 0.481 e. The smallest absolute Gasteiger partial charge is 0.306 e. The van der Waals surface area contributed by atoms with Gasteiger partial charge in [-0.1, -0.05) is 28.1 Å². The van der Waals surface area contributed by atoms with Crippen molar-refractivity contribution < 1.29 is 15.0 Å². The Morgan fingerprint density at radius 2 is 2.24 bits per heavy atom. The number of aliphatic hydroxyl groups excluding tert-OH is 1. The fraction of sp³-hybridized carbons (Fsp3) is 0.417. The first-order valence-corrected chi connectivity index (χ1v) is 6.09. The first-order chi connectivity index (χ1) is 7.97. The molecule has 0 heterocycles. The maximum absolute atomic E-state index is 10.4. The van der Waals surface area contributed by atoms with E-state index in [9.17, 15) is 9.90 Å². The summed E-state index contributed by atoms with van der Waals surface area (Å²) in [7, 11) is 1.85. The molecule has 0 bridgehead atoms. The van der Waals surface area contributed by atoms with Gasteiger partial charge in [0, 0.05) is 17.6 Å². The molecule has 0 aromatic heterocycles. The fourth-order valence-electron chi connectivity index (χ4n) is 1.64. The van der Waals surface area contributed by atoms with Crippen molar-refractivity contribution in [3.05, 3.63) is 34.3 Å². The van der Waals surface area contributed by atoms with Crippen LogP contribution in [0.5, 0.6) is 0 Å². The normalized spacial score (nSPS) is 12.7. The predicted octanol–water partition coefficient (Wildman–Crippen LogP) is 1.72. The summed E-state index contributed by atoms with van der Waals surface area (Å²) < 4.78 is 1.01. The molecule has 2 N–H and O–H groups in total. The molecule has 0 spiro atoms. The van der Waals surface area contributed by atoms with E-state index in [1.807, 2.05) is 36.2 Å². The van der Waals surface area contributed by atoms with Crippen LogP contribution < -0.4 is 0 Å².